The molecule has 0 bridgehead atoms. The van der Waals surface area contributed by atoms with Crippen molar-refractivity contribution in [3.63, 3.8) is 0 Å². The lowest BCUT2D eigenvalue weighted by Gasteiger charge is -1.98. The molecule has 0 aromatic carbocycles. The number of anilines is 1. The van der Waals surface area contributed by atoms with Gasteiger partial charge in [0.2, 0.25) is 0 Å². The van der Waals surface area contributed by atoms with Crippen LogP contribution < -0.4 is 5.32 Å². The van der Waals surface area contributed by atoms with Crippen molar-refractivity contribution in [1.29, 1.82) is 0 Å². The van der Waals surface area contributed by atoms with Crippen molar-refractivity contribution in [3.05, 3.63) is 40.0 Å². The number of carbonyl (C=O) groups is 2. The summed E-state index contributed by atoms with van der Waals surface area (Å²) >= 11 is 2.59. The van der Waals surface area contributed by atoms with Gasteiger partial charge in [0, 0.05) is 17.2 Å². The fraction of sp³-hybridized carbons (Fsp3) is 0.143. The Kier molecular flexibility index (Phi) is 3.86. The predicted octanol–water partition coefficient (Wildman–Crippen LogP) is 3.62. The van der Waals surface area contributed by atoms with Crippen molar-refractivity contribution in [2.75, 3.05) is 5.32 Å². The molecule has 0 saturated heterocycles. The summed E-state index contributed by atoms with van der Waals surface area (Å²) in [7, 11) is 0. The first-order chi connectivity index (χ1) is 10.5. The van der Waals surface area contributed by atoms with Gasteiger partial charge in [-0.1, -0.05) is 0 Å². The van der Waals surface area contributed by atoms with E-state index < -0.39 is 0 Å². The van der Waals surface area contributed by atoms with E-state index in [0.29, 0.717) is 27.3 Å². The highest BCUT2D eigenvalue weighted by molar-refractivity contribution is 7.15. The molecular formula is C14H11N3O3S2. The Morgan fingerprint density at radius 1 is 1.32 bits per heavy atom. The quantitative estimate of drug-likeness (QED) is 0.737. The van der Waals surface area contributed by atoms with Crippen LogP contribution in [-0.4, -0.2) is 21.7 Å². The fourth-order valence-electron chi connectivity index (χ4n) is 1.76. The first-order valence-corrected chi connectivity index (χ1v) is 8.03. The molecule has 1 amide bonds. The highest BCUT2D eigenvalue weighted by atomic mass is 32.1. The average molecular weight is 333 g/mol. The van der Waals surface area contributed by atoms with E-state index in [9.17, 15) is 9.59 Å². The minimum atomic E-state index is -0.351. The summed E-state index contributed by atoms with van der Waals surface area (Å²) in [5.41, 5.74) is 0.669. The molecule has 22 heavy (non-hydrogen) atoms. The first-order valence-electron chi connectivity index (χ1n) is 6.33. The Bertz CT molecular complexity index is 834. The summed E-state index contributed by atoms with van der Waals surface area (Å²) in [5.74, 6) is 0.137. The van der Waals surface area contributed by atoms with Crippen molar-refractivity contribution in [2.45, 2.75) is 13.8 Å². The molecule has 0 atom stereocenters. The van der Waals surface area contributed by atoms with Gasteiger partial charge in [-0.15, -0.1) is 22.7 Å². The smallest absolute Gasteiger partial charge is 0.277 e. The first kappa shape index (κ1) is 14.6. The Labute approximate surface area is 133 Å². The number of nitrogens with one attached hydrogen (secondary N) is 1. The Balaban J connectivity index is 1.81. The molecule has 3 rings (SSSR count). The molecule has 3 aromatic rings. The Morgan fingerprint density at radius 2 is 2.14 bits per heavy atom. The van der Waals surface area contributed by atoms with Crippen LogP contribution >= 0.6 is 22.7 Å². The van der Waals surface area contributed by atoms with Crippen LogP contribution in [-0.2, 0) is 0 Å². The maximum Gasteiger partial charge on any atom is 0.277 e. The average Bonchev–Trinajstić information content (AvgIpc) is 3.16. The molecule has 0 aliphatic carbocycles. The standard InChI is InChI=1S/C14H11N3O3S2/c1-7(18)9-6-21-14(15-9)17-12(19)11-8(2)22-13(16-11)10-4-3-5-20-10/h3-6H,1-2H3,(H,15,17,19). The number of nitrogens with zero attached hydrogens (tertiary/aromatic N) is 2. The minimum absolute atomic E-state index is 0.137. The number of Topliss-reactive ketones (excluding diaryl/α,β-unsaturated/α-hetero) is 1. The number of carbonyl (C=O) groups excluding carboxylic acids is 2. The molecule has 3 heterocycles. The van der Waals surface area contributed by atoms with Gasteiger partial charge in [0.05, 0.1) is 6.26 Å². The molecule has 0 unspecified atom stereocenters. The van der Waals surface area contributed by atoms with Gasteiger partial charge >= 0.3 is 0 Å². The van der Waals surface area contributed by atoms with Crippen molar-refractivity contribution < 1.29 is 14.0 Å². The fourth-order valence-corrected chi connectivity index (χ4v) is 3.39. The van der Waals surface area contributed by atoms with E-state index >= 15 is 0 Å². The summed E-state index contributed by atoms with van der Waals surface area (Å²) in [6.45, 7) is 3.25. The number of hydrogen-bond donors (Lipinski definition) is 1. The van der Waals surface area contributed by atoms with E-state index in [0.717, 1.165) is 4.88 Å². The number of ketones is 1. The molecule has 1 N–H and O–H groups in total. The van der Waals surface area contributed by atoms with Crippen molar-refractivity contribution in [3.8, 4) is 10.8 Å². The van der Waals surface area contributed by atoms with E-state index in [1.807, 2.05) is 6.92 Å². The number of aromatic nitrogens is 2. The van der Waals surface area contributed by atoms with Crippen LogP contribution in [0.3, 0.4) is 0 Å². The Morgan fingerprint density at radius 3 is 2.77 bits per heavy atom. The molecule has 0 radical (unpaired) electrons. The number of aryl methyl sites for hydroxylation is 1. The molecule has 8 heteroatoms. The third kappa shape index (κ3) is 2.83. The zero-order valence-corrected chi connectivity index (χ0v) is 13.4. The van der Waals surface area contributed by atoms with Crippen LogP contribution in [0.1, 0.15) is 32.8 Å². The molecule has 3 aromatic heterocycles. The minimum Gasteiger partial charge on any atom is -0.462 e. The lowest BCUT2D eigenvalue weighted by molar-refractivity contribution is 0.100. The van der Waals surface area contributed by atoms with Crippen LogP contribution in [0.5, 0.6) is 0 Å². The zero-order valence-electron chi connectivity index (χ0n) is 11.7. The second-order valence-electron chi connectivity index (χ2n) is 4.45. The summed E-state index contributed by atoms with van der Waals surface area (Å²) in [4.78, 5) is 32.6. The van der Waals surface area contributed by atoms with Crippen LogP contribution in [0.4, 0.5) is 5.13 Å². The molecular weight excluding hydrogens is 322 g/mol. The van der Waals surface area contributed by atoms with Crippen molar-refractivity contribution in [2.24, 2.45) is 0 Å². The molecule has 6 nitrogen and oxygen atoms in total. The van der Waals surface area contributed by atoms with Crippen molar-refractivity contribution >= 4 is 39.5 Å². The number of rotatable bonds is 4. The second-order valence-corrected chi connectivity index (χ2v) is 6.51. The van der Waals surface area contributed by atoms with Crippen LogP contribution in [0.15, 0.2) is 28.2 Å². The van der Waals surface area contributed by atoms with E-state index in [4.69, 9.17) is 4.42 Å². The SMILES string of the molecule is CC(=O)c1csc(NC(=O)c2nc(-c3ccco3)sc2C)n1. The van der Waals surface area contributed by atoms with E-state index in [1.165, 1.54) is 29.6 Å². The molecule has 0 aliphatic heterocycles. The van der Waals surface area contributed by atoms with E-state index in [-0.39, 0.29) is 11.7 Å². The third-order valence-corrected chi connectivity index (χ3v) is 4.57. The topological polar surface area (TPSA) is 85.1 Å². The summed E-state index contributed by atoms with van der Waals surface area (Å²) < 4.78 is 5.28. The second kappa shape index (κ2) is 5.82. The Hall–Kier alpha value is -2.32. The number of furan rings is 1. The number of thiazole rings is 2. The predicted molar refractivity (Wildman–Crippen MR) is 84.6 cm³/mol. The van der Waals surface area contributed by atoms with E-state index in [1.54, 1.807) is 23.8 Å². The number of hydrogen-bond acceptors (Lipinski definition) is 7. The van der Waals surface area contributed by atoms with Gasteiger partial charge in [-0.3, -0.25) is 14.9 Å². The monoisotopic (exact) mass is 333 g/mol. The summed E-state index contributed by atoms with van der Waals surface area (Å²) in [6, 6.07) is 3.56. The van der Waals surface area contributed by atoms with Gasteiger partial charge in [0.1, 0.15) is 11.4 Å². The van der Waals surface area contributed by atoms with Gasteiger partial charge in [0.25, 0.3) is 5.91 Å². The zero-order chi connectivity index (χ0) is 15.7. The van der Waals surface area contributed by atoms with Crippen molar-refractivity contribution in [1.82, 2.24) is 9.97 Å². The van der Waals surface area contributed by atoms with Gasteiger partial charge in [-0.05, 0) is 19.1 Å². The van der Waals surface area contributed by atoms with Crippen LogP contribution in [0.2, 0.25) is 0 Å². The maximum atomic E-state index is 12.3. The van der Waals surface area contributed by atoms with Gasteiger partial charge < -0.3 is 4.42 Å². The van der Waals surface area contributed by atoms with Gasteiger partial charge in [-0.2, -0.15) is 0 Å². The van der Waals surface area contributed by atoms with Crippen LogP contribution in [0.25, 0.3) is 10.8 Å². The van der Waals surface area contributed by atoms with Crippen LogP contribution in [0, 0.1) is 6.92 Å². The number of amides is 1. The normalized spacial score (nSPS) is 10.6. The maximum absolute atomic E-state index is 12.3. The molecule has 0 spiro atoms. The van der Waals surface area contributed by atoms with Gasteiger partial charge in [-0.25, -0.2) is 9.97 Å². The highest BCUT2D eigenvalue weighted by Gasteiger charge is 2.19. The summed E-state index contributed by atoms with van der Waals surface area (Å²) in [6.07, 6.45) is 1.56. The summed E-state index contributed by atoms with van der Waals surface area (Å²) in [5, 5.41) is 5.30. The van der Waals surface area contributed by atoms with E-state index in [2.05, 4.69) is 15.3 Å². The largest absolute Gasteiger partial charge is 0.462 e. The molecule has 112 valence electrons. The molecule has 0 saturated carbocycles. The molecule has 0 fully saturated rings. The third-order valence-electron chi connectivity index (χ3n) is 2.83. The molecule has 0 aliphatic rings. The lowest BCUT2D eigenvalue weighted by atomic mass is 10.3. The lowest BCUT2D eigenvalue weighted by Crippen LogP contribution is -2.13. The highest BCUT2D eigenvalue weighted by Crippen LogP contribution is 2.28. The van der Waals surface area contributed by atoms with Gasteiger partial charge in [0.15, 0.2) is 21.7 Å².